The molecule has 0 amide bonds. The Kier molecular flexibility index (Phi) is 6.33. The van der Waals surface area contributed by atoms with Gasteiger partial charge >= 0.3 is 6.18 Å². The Morgan fingerprint density at radius 1 is 1.15 bits per heavy atom. The molecule has 3 aliphatic rings. The SMILES string of the molecule is O=S(O)NC1(Cc2cc3c(cc2F)CC(N2CCC2)C3Cc2cccc(C(F)(F)F)c2)CCC1. The minimum absolute atomic E-state index is 0.0320. The fourth-order valence-electron chi connectivity index (χ4n) is 5.81. The molecule has 9 heteroatoms. The van der Waals surface area contributed by atoms with E-state index in [1.165, 1.54) is 12.1 Å². The van der Waals surface area contributed by atoms with Gasteiger partial charge in [-0.2, -0.15) is 13.2 Å². The standard InChI is InChI=1S/C25H28F4N2O2S/c26-22-13-17-14-23(31-8-3-9-31)21(11-16-4-1-5-19(10-16)25(27,28)29)20(17)12-18(22)15-24(6-2-7-24)30-34(32)33/h1,4-5,10,12-13,21,23,30H,2-3,6-9,11,14-15H2,(H,32,33). The lowest BCUT2D eigenvalue weighted by atomic mass is 9.73. The summed E-state index contributed by atoms with van der Waals surface area (Å²) in [5.74, 6) is -0.354. The van der Waals surface area contributed by atoms with E-state index in [-0.39, 0.29) is 17.8 Å². The first-order chi connectivity index (χ1) is 16.1. The average molecular weight is 497 g/mol. The summed E-state index contributed by atoms with van der Waals surface area (Å²) in [5.41, 5.74) is 1.77. The van der Waals surface area contributed by atoms with Gasteiger partial charge in [0.15, 0.2) is 0 Å². The molecule has 3 atom stereocenters. The highest BCUT2D eigenvalue weighted by Gasteiger charge is 2.42. The van der Waals surface area contributed by atoms with Crippen LogP contribution in [0.5, 0.6) is 0 Å². The summed E-state index contributed by atoms with van der Waals surface area (Å²) in [5, 5.41) is 0. The molecule has 2 aliphatic carbocycles. The third-order valence-corrected chi connectivity index (χ3v) is 8.42. The molecule has 0 aromatic heterocycles. The predicted octanol–water partition coefficient (Wildman–Crippen LogP) is 4.99. The van der Waals surface area contributed by atoms with Crippen molar-refractivity contribution in [2.45, 2.75) is 68.6 Å². The fourth-order valence-corrected chi connectivity index (χ4v) is 6.46. The lowest BCUT2D eigenvalue weighted by Crippen LogP contribution is -2.53. The van der Waals surface area contributed by atoms with Gasteiger partial charge in [-0.15, -0.1) is 0 Å². The van der Waals surface area contributed by atoms with E-state index in [1.54, 1.807) is 12.1 Å². The number of benzene rings is 2. The molecule has 184 valence electrons. The van der Waals surface area contributed by atoms with Crippen LogP contribution in [0.4, 0.5) is 17.6 Å². The van der Waals surface area contributed by atoms with Gasteiger partial charge in [-0.3, -0.25) is 9.45 Å². The number of likely N-dealkylation sites (tertiary alicyclic amines) is 1. The third-order valence-electron chi connectivity index (χ3n) is 7.81. The van der Waals surface area contributed by atoms with E-state index >= 15 is 4.39 Å². The van der Waals surface area contributed by atoms with Crippen molar-refractivity contribution in [3.8, 4) is 0 Å². The Balaban J connectivity index is 1.47. The Morgan fingerprint density at radius 2 is 1.91 bits per heavy atom. The molecule has 5 rings (SSSR count). The summed E-state index contributed by atoms with van der Waals surface area (Å²) in [6, 6.07) is 9.06. The van der Waals surface area contributed by atoms with Gasteiger partial charge in [0.2, 0.25) is 11.3 Å². The number of halogens is 4. The summed E-state index contributed by atoms with van der Waals surface area (Å²) < 4.78 is 78.4. The van der Waals surface area contributed by atoms with Crippen molar-refractivity contribution >= 4 is 11.3 Å². The Hall–Kier alpha value is -1.81. The quantitative estimate of drug-likeness (QED) is 0.419. The van der Waals surface area contributed by atoms with Gasteiger partial charge in [-0.05, 0) is 92.4 Å². The van der Waals surface area contributed by atoms with Gasteiger partial charge in [0.25, 0.3) is 0 Å². The van der Waals surface area contributed by atoms with E-state index in [0.29, 0.717) is 43.2 Å². The Morgan fingerprint density at radius 3 is 2.50 bits per heavy atom. The van der Waals surface area contributed by atoms with Crippen LogP contribution in [0.15, 0.2) is 36.4 Å². The van der Waals surface area contributed by atoms with Crippen LogP contribution >= 0.6 is 0 Å². The monoisotopic (exact) mass is 496 g/mol. The Bertz CT molecular complexity index is 1100. The van der Waals surface area contributed by atoms with Gasteiger partial charge in [-0.25, -0.2) is 13.3 Å². The number of hydrogen-bond donors (Lipinski definition) is 2. The smallest absolute Gasteiger partial charge is 0.299 e. The van der Waals surface area contributed by atoms with E-state index in [0.717, 1.165) is 43.1 Å². The summed E-state index contributed by atoms with van der Waals surface area (Å²) >= 11 is -2.18. The van der Waals surface area contributed by atoms with Gasteiger partial charge in [0.1, 0.15) is 5.82 Å². The molecule has 1 saturated carbocycles. The van der Waals surface area contributed by atoms with Crippen molar-refractivity contribution in [2.75, 3.05) is 13.1 Å². The second kappa shape index (κ2) is 9.00. The van der Waals surface area contributed by atoms with Gasteiger partial charge < -0.3 is 0 Å². The largest absolute Gasteiger partial charge is 0.416 e. The van der Waals surface area contributed by atoms with Crippen molar-refractivity contribution in [2.24, 2.45) is 0 Å². The molecule has 0 radical (unpaired) electrons. The van der Waals surface area contributed by atoms with Crippen molar-refractivity contribution < 1.29 is 26.3 Å². The van der Waals surface area contributed by atoms with E-state index in [4.69, 9.17) is 0 Å². The van der Waals surface area contributed by atoms with E-state index < -0.39 is 28.5 Å². The van der Waals surface area contributed by atoms with Gasteiger partial charge in [0, 0.05) is 17.5 Å². The molecule has 1 heterocycles. The van der Waals surface area contributed by atoms with Gasteiger partial charge in [0.05, 0.1) is 5.56 Å². The van der Waals surface area contributed by atoms with E-state index in [9.17, 15) is 21.9 Å². The minimum atomic E-state index is -4.40. The zero-order valence-electron chi connectivity index (χ0n) is 18.7. The number of nitrogens with one attached hydrogen (secondary N) is 1. The second-order valence-electron chi connectivity index (χ2n) is 9.97. The highest BCUT2D eigenvalue weighted by molar-refractivity contribution is 7.77. The van der Waals surface area contributed by atoms with Crippen molar-refractivity contribution in [1.29, 1.82) is 0 Å². The van der Waals surface area contributed by atoms with E-state index in [1.807, 2.05) is 6.07 Å². The molecular weight excluding hydrogens is 468 g/mol. The normalized spacial score (nSPS) is 24.9. The molecule has 2 aromatic rings. The molecule has 1 saturated heterocycles. The van der Waals surface area contributed by atoms with E-state index in [2.05, 4.69) is 9.62 Å². The van der Waals surface area contributed by atoms with Crippen LogP contribution in [0.3, 0.4) is 0 Å². The molecule has 2 aromatic carbocycles. The molecule has 0 spiro atoms. The Labute approximate surface area is 199 Å². The third kappa shape index (κ3) is 4.67. The van der Waals surface area contributed by atoms with Crippen molar-refractivity contribution in [3.63, 3.8) is 0 Å². The van der Waals surface area contributed by atoms with Crippen LogP contribution < -0.4 is 4.72 Å². The molecule has 2 N–H and O–H groups in total. The zero-order chi connectivity index (χ0) is 24.1. The maximum Gasteiger partial charge on any atom is 0.416 e. The molecule has 4 nitrogen and oxygen atoms in total. The number of hydrogen-bond acceptors (Lipinski definition) is 2. The molecular formula is C25H28F4N2O2S. The van der Waals surface area contributed by atoms with Crippen LogP contribution in [0, 0.1) is 5.82 Å². The average Bonchev–Trinajstić information content (AvgIpc) is 3.01. The van der Waals surface area contributed by atoms with Crippen LogP contribution in [0.25, 0.3) is 0 Å². The zero-order valence-corrected chi connectivity index (χ0v) is 19.5. The first kappa shape index (κ1) is 23.9. The lowest BCUT2D eigenvalue weighted by Gasteiger charge is -2.41. The summed E-state index contributed by atoms with van der Waals surface area (Å²) in [6.07, 6.45) is 0.436. The molecule has 0 bridgehead atoms. The minimum Gasteiger partial charge on any atom is -0.299 e. The van der Waals surface area contributed by atoms with Crippen LogP contribution in [-0.4, -0.2) is 38.3 Å². The fraction of sp³-hybridized carbons (Fsp3) is 0.520. The predicted molar refractivity (Wildman–Crippen MR) is 122 cm³/mol. The second-order valence-corrected chi connectivity index (χ2v) is 10.7. The first-order valence-corrected chi connectivity index (χ1v) is 12.8. The number of nitrogens with zero attached hydrogens (tertiary/aromatic N) is 1. The maximum atomic E-state index is 15.1. The summed E-state index contributed by atoms with van der Waals surface area (Å²) in [6.45, 7) is 1.89. The number of alkyl halides is 3. The first-order valence-electron chi connectivity index (χ1n) is 11.7. The molecule has 3 unspecified atom stereocenters. The number of fused-ring (bicyclic) bond motifs is 1. The van der Waals surface area contributed by atoms with Crippen LogP contribution in [-0.2, 0) is 36.7 Å². The lowest BCUT2D eigenvalue weighted by molar-refractivity contribution is -0.137. The summed E-state index contributed by atoms with van der Waals surface area (Å²) in [4.78, 5) is 2.35. The highest BCUT2D eigenvalue weighted by atomic mass is 32.2. The highest BCUT2D eigenvalue weighted by Crippen LogP contribution is 2.43. The van der Waals surface area contributed by atoms with Crippen molar-refractivity contribution in [1.82, 2.24) is 9.62 Å². The van der Waals surface area contributed by atoms with Crippen LogP contribution in [0.1, 0.15) is 59.4 Å². The molecule has 2 fully saturated rings. The summed E-state index contributed by atoms with van der Waals surface area (Å²) in [7, 11) is 0. The van der Waals surface area contributed by atoms with Crippen LogP contribution in [0.2, 0.25) is 0 Å². The topological polar surface area (TPSA) is 52.6 Å². The van der Waals surface area contributed by atoms with Crippen molar-refractivity contribution in [3.05, 3.63) is 70.0 Å². The molecule has 1 aliphatic heterocycles. The number of rotatable bonds is 7. The maximum absolute atomic E-state index is 15.1. The molecule has 34 heavy (non-hydrogen) atoms. The van der Waals surface area contributed by atoms with Gasteiger partial charge in [-0.1, -0.05) is 24.3 Å².